The van der Waals surface area contributed by atoms with E-state index in [4.69, 9.17) is 9.26 Å². The summed E-state index contributed by atoms with van der Waals surface area (Å²) >= 11 is 0. The van der Waals surface area contributed by atoms with Crippen molar-refractivity contribution < 1.29 is 14.1 Å². The Balaban J connectivity index is 1.98. The molecule has 0 heterocycles. The van der Waals surface area contributed by atoms with Gasteiger partial charge in [0, 0.05) is 0 Å². The Morgan fingerprint density at radius 1 is 0.686 bits per heavy atom. The minimum atomic E-state index is -3.74. The first-order valence-electron chi connectivity index (χ1n) is 12.2. The number of carbonyl (C=O) groups is 1. The fourth-order valence-corrected chi connectivity index (χ4v) is 10.5. The summed E-state index contributed by atoms with van der Waals surface area (Å²) in [6.45, 7) is 0.636. The molecule has 4 rings (SSSR count). The fraction of sp³-hybridized carbons (Fsp3) is 0.194. The number of carbonyl (C=O) groups excluding carboxylic acids is 1. The summed E-state index contributed by atoms with van der Waals surface area (Å²) in [5, 5.41) is 3.07. The van der Waals surface area contributed by atoms with Crippen molar-refractivity contribution in [2.45, 2.75) is 32.9 Å². The molecule has 0 bridgehead atoms. The molecule has 180 valence electrons. The molecule has 0 fully saturated rings. The summed E-state index contributed by atoms with van der Waals surface area (Å²) in [5.74, 6) is 0.563. The van der Waals surface area contributed by atoms with Crippen LogP contribution in [0.4, 0.5) is 0 Å². The predicted molar refractivity (Wildman–Crippen MR) is 147 cm³/mol. The van der Waals surface area contributed by atoms with Crippen LogP contribution in [-0.2, 0) is 15.5 Å². The van der Waals surface area contributed by atoms with Crippen molar-refractivity contribution >= 4 is 28.7 Å². The third kappa shape index (κ3) is 4.88. The summed E-state index contributed by atoms with van der Waals surface area (Å²) in [4.78, 5) is 13.0. The Hall–Kier alpha value is -3.42. The van der Waals surface area contributed by atoms with Gasteiger partial charge in [0.1, 0.15) is 0 Å². The van der Waals surface area contributed by atoms with Crippen LogP contribution in [0.2, 0.25) is 0 Å². The molecular weight excluding hydrogens is 451 g/mol. The topological polar surface area (TPSA) is 35.5 Å². The van der Waals surface area contributed by atoms with E-state index in [1.54, 1.807) is 0 Å². The number of hydrogen-bond donors (Lipinski definition) is 0. The van der Waals surface area contributed by atoms with Gasteiger partial charge in [-0.05, 0) is 0 Å². The molecule has 0 saturated carbocycles. The Kier molecular flexibility index (Phi) is 7.68. The number of unbranched alkanes of at least 4 members (excludes halogenated alkanes) is 1. The monoisotopic (exact) mass is 484 g/mol. The van der Waals surface area contributed by atoms with Crippen LogP contribution < -0.4 is 20.7 Å². The van der Waals surface area contributed by atoms with E-state index in [0.717, 1.165) is 40.1 Å². The molecule has 35 heavy (non-hydrogen) atoms. The van der Waals surface area contributed by atoms with E-state index in [1.165, 1.54) is 6.92 Å². The molecule has 0 saturated heterocycles. The molecule has 0 aliphatic heterocycles. The zero-order valence-electron chi connectivity index (χ0n) is 20.5. The number of benzene rings is 4. The molecule has 0 amide bonds. The van der Waals surface area contributed by atoms with E-state index >= 15 is 0 Å². The van der Waals surface area contributed by atoms with Gasteiger partial charge in [-0.1, -0.05) is 0 Å². The third-order valence-electron chi connectivity index (χ3n) is 6.41. The number of rotatable bonds is 10. The number of hydrogen-bond acceptors (Lipinski definition) is 3. The zero-order valence-corrected chi connectivity index (χ0v) is 21.4. The first-order chi connectivity index (χ1) is 17.1. The fourth-order valence-electron chi connectivity index (χ4n) is 4.80. The molecule has 0 aromatic heterocycles. The van der Waals surface area contributed by atoms with Crippen molar-refractivity contribution in [3.8, 4) is 5.75 Å². The maximum absolute atomic E-state index is 13.0. The van der Waals surface area contributed by atoms with Gasteiger partial charge in [-0.3, -0.25) is 0 Å². The van der Waals surface area contributed by atoms with Crippen molar-refractivity contribution in [3.05, 3.63) is 121 Å². The van der Waals surface area contributed by atoms with Gasteiger partial charge >= 0.3 is 209 Å². The molecule has 3 nitrogen and oxygen atoms in total. The average Bonchev–Trinajstić information content (AvgIpc) is 2.91. The van der Waals surface area contributed by atoms with Crippen molar-refractivity contribution in [1.29, 1.82) is 0 Å². The first kappa shape index (κ1) is 24.7. The van der Waals surface area contributed by atoms with Gasteiger partial charge in [-0.15, -0.1) is 0 Å². The molecule has 0 N–H and O–H groups in total. The zero-order chi connectivity index (χ0) is 24.6. The Bertz CT molecular complexity index is 1120. The minimum absolute atomic E-state index is 0.293. The Labute approximate surface area is 208 Å². The van der Waals surface area contributed by atoms with Gasteiger partial charge in [-0.25, -0.2) is 0 Å². The SMILES string of the molecule is CCCCOc1ccc(CP(OC(C)=O)(c2ccccc2)(c2ccccc2)c2ccccc2)cc1. The van der Waals surface area contributed by atoms with Crippen LogP contribution in [0.3, 0.4) is 0 Å². The standard InChI is InChI=1S/C31H33O3P/c1-3-4-24-33-28-22-20-27(21-23-28)25-35(34-26(2)32,29-14-8-5-9-15-29,30-16-10-6-11-17-30)31-18-12-7-13-19-31/h5-23H,3-4,24-25H2,1-2H3. The molecule has 4 aromatic rings. The Morgan fingerprint density at radius 2 is 1.14 bits per heavy atom. The van der Waals surface area contributed by atoms with Crippen molar-refractivity contribution in [2.24, 2.45) is 0 Å². The summed E-state index contributed by atoms with van der Waals surface area (Å²) < 4.78 is 12.7. The molecular formula is C31H33O3P. The van der Waals surface area contributed by atoms with Crippen LogP contribution in [0, 0.1) is 0 Å². The summed E-state index contributed by atoms with van der Waals surface area (Å²) in [7, 11) is 0. The maximum atomic E-state index is 13.0. The summed E-state index contributed by atoms with van der Waals surface area (Å²) in [6.07, 6.45) is 2.68. The average molecular weight is 485 g/mol. The second-order valence-corrected chi connectivity index (χ2v) is 13.3. The van der Waals surface area contributed by atoms with Gasteiger partial charge in [0.25, 0.3) is 0 Å². The molecule has 0 atom stereocenters. The molecule has 0 radical (unpaired) electrons. The van der Waals surface area contributed by atoms with Crippen molar-refractivity contribution in [1.82, 2.24) is 0 Å². The van der Waals surface area contributed by atoms with Crippen LogP contribution in [0.5, 0.6) is 5.75 Å². The predicted octanol–water partition coefficient (Wildman–Crippen LogP) is 6.37. The van der Waals surface area contributed by atoms with Crippen LogP contribution in [0.1, 0.15) is 32.3 Å². The quantitative estimate of drug-likeness (QED) is 0.194. The van der Waals surface area contributed by atoms with Crippen LogP contribution in [0.25, 0.3) is 0 Å². The van der Waals surface area contributed by atoms with Crippen LogP contribution >= 0.6 is 6.83 Å². The van der Waals surface area contributed by atoms with Gasteiger partial charge in [-0.2, -0.15) is 0 Å². The molecule has 4 aromatic carbocycles. The molecule has 0 spiro atoms. The Morgan fingerprint density at radius 3 is 1.54 bits per heavy atom. The van der Waals surface area contributed by atoms with E-state index < -0.39 is 6.83 Å². The summed E-state index contributed by atoms with van der Waals surface area (Å²) in [6, 6.07) is 39.0. The van der Waals surface area contributed by atoms with Gasteiger partial charge in [0.15, 0.2) is 0 Å². The first-order valence-corrected chi connectivity index (χ1v) is 14.5. The normalized spacial score (nSPS) is 12.3. The van der Waals surface area contributed by atoms with Crippen molar-refractivity contribution in [2.75, 3.05) is 6.61 Å². The third-order valence-corrected chi connectivity index (χ3v) is 12.2. The number of ether oxygens (including phenoxy) is 1. The van der Waals surface area contributed by atoms with E-state index in [9.17, 15) is 4.79 Å². The second kappa shape index (κ2) is 10.9. The second-order valence-electron chi connectivity index (χ2n) is 8.81. The van der Waals surface area contributed by atoms with E-state index in [2.05, 4.69) is 55.5 Å². The molecule has 0 unspecified atom stereocenters. The molecule has 4 heteroatoms. The molecule has 0 aliphatic carbocycles. The van der Waals surface area contributed by atoms with Crippen LogP contribution in [0.15, 0.2) is 115 Å². The molecule has 0 aliphatic rings. The van der Waals surface area contributed by atoms with Gasteiger partial charge in [0.2, 0.25) is 0 Å². The van der Waals surface area contributed by atoms with E-state index in [0.29, 0.717) is 12.8 Å². The van der Waals surface area contributed by atoms with Crippen LogP contribution in [-0.4, -0.2) is 12.6 Å². The van der Waals surface area contributed by atoms with Crippen molar-refractivity contribution in [3.63, 3.8) is 0 Å². The van der Waals surface area contributed by atoms with E-state index in [-0.39, 0.29) is 5.97 Å². The summed E-state index contributed by atoms with van der Waals surface area (Å²) in [5.41, 5.74) is 1.09. The van der Waals surface area contributed by atoms with Gasteiger partial charge in [0.05, 0.1) is 0 Å². The van der Waals surface area contributed by atoms with Gasteiger partial charge < -0.3 is 0 Å². The van der Waals surface area contributed by atoms with E-state index in [1.807, 2.05) is 66.7 Å².